The van der Waals surface area contributed by atoms with Crippen LogP contribution in [0.15, 0.2) is 54.6 Å². The highest BCUT2D eigenvalue weighted by Gasteiger charge is 2.16. The van der Waals surface area contributed by atoms with Gasteiger partial charge < -0.3 is 15.0 Å². The molecule has 0 aliphatic carbocycles. The molecule has 0 aliphatic rings. The van der Waals surface area contributed by atoms with Gasteiger partial charge in [0.15, 0.2) is 0 Å². The molecule has 0 saturated carbocycles. The number of ether oxygens (including phenoxy) is 1. The Morgan fingerprint density at radius 2 is 1.68 bits per heavy atom. The first kappa shape index (κ1) is 19.4. The summed E-state index contributed by atoms with van der Waals surface area (Å²) in [6.07, 6.45) is 0. The number of aryl methyl sites for hydroxylation is 2. The van der Waals surface area contributed by atoms with Crippen molar-refractivity contribution in [2.24, 2.45) is 0 Å². The highest BCUT2D eigenvalue weighted by molar-refractivity contribution is 6.00. The van der Waals surface area contributed by atoms with Gasteiger partial charge in [-0.3, -0.25) is 4.79 Å². The van der Waals surface area contributed by atoms with Crippen molar-refractivity contribution in [1.82, 2.24) is 14.9 Å². The van der Waals surface area contributed by atoms with Crippen molar-refractivity contribution in [2.45, 2.75) is 20.4 Å². The number of benzene rings is 2. The van der Waals surface area contributed by atoms with Crippen molar-refractivity contribution in [3.63, 3.8) is 0 Å². The quantitative estimate of drug-likeness (QED) is 0.701. The standard InChI is InChI=1S/C22H24N4O2/c1-15-13-16(2)24-22(23-15)25-20-8-6-5-7-19(20)21(27)26(3)14-17-9-11-18(28-4)12-10-17/h5-13H,14H2,1-4H3,(H,23,24,25). The smallest absolute Gasteiger partial charge is 0.256 e. The van der Waals surface area contributed by atoms with Crippen molar-refractivity contribution in [3.05, 3.63) is 77.1 Å². The number of carbonyl (C=O) groups is 1. The molecule has 28 heavy (non-hydrogen) atoms. The number of para-hydroxylation sites is 1. The third kappa shape index (κ3) is 4.65. The van der Waals surface area contributed by atoms with Gasteiger partial charge in [0.25, 0.3) is 5.91 Å². The van der Waals surface area contributed by atoms with Crippen molar-refractivity contribution in [2.75, 3.05) is 19.5 Å². The molecule has 1 heterocycles. The van der Waals surface area contributed by atoms with Gasteiger partial charge in [-0.05, 0) is 49.7 Å². The summed E-state index contributed by atoms with van der Waals surface area (Å²) in [4.78, 5) is 23.5. The second kappa shape index (κ2) is 8.52. The third-order valence-electron chi connectivity index (χ3n) is 4.31. The van der Waals surface area contributed by atoms with Gasteiger partial charge in [-0.15, -0.1) is 0 Å². The van der Waals surface area contributed by atoms with Crippen molar-refractivity contribution in [3.8, 4) is 5.75 Å². The van der Waals surface area contributed by atoms with E-state index < -0.39 is 0 Å². The van der Waals surface area contributed by atoms with E-state index in [1.54, 1.807) is 25.1 Å². The minimum absolute atomic E-state index is 0.0803. The van der Waals surface area contributed by atoms with E-state index in [0.717, 1.165) is 22.7 Å². The summed E-state index contributed by atoms with van der Waals surface area (Å²) in [5.74, 6) is 1.19. The molecule has 1 N–H and O–H groups in total. The fourth-order valence-corrected chi connectivity index (χ4v) is 2.96. The number of rotatable bonds is 6. The molecule has 0 atom stereocenters. The van der Waals surface area contributed by atoms with Crippen LogP contribution in [0.2, 0.25) is 0 Å². The maximum atomic E-state index is 13.0. The van der Waals surface area contributed by atoms with E-state index >= 15 is 0 Å². The zero-order valence-electron chi connectivity index (χ0n) is 16.6. The average Bonchev–Trinajstić information content (AvgIpc) is 2.67. The Kier molecular flexibility index (Phi) is 5.89. The predicted octanol–water partition coefficient (Wildman–Crippen LogP) is 4.12. The van der Waals surface area contributed by atoms with E-state index in [2.05, 4.69) is 15.3 Å². The lowest BCUT2D eigenvalue weighted by Crippen LogP contribution is -2.26. The number of amides is 1. The number of anilines is 2. The maximum absolute atomic E-state index is 13.0. The van der Waals surface area contributed by atoms with Gasteiger partial charge in [0.1, 0.15) is 5.75 Å². The first-order chi connectivity index (χ1) is 13.5. The summed E-state index contributed by atoms with van der Waals surface area (Å²) < 4.78 is 5.18. The van der Waals surface area contributed by atoms with Gasteiger partial charge >= 0.3 is 0 Å². The summed E-state index contributed by atoms with van der Waals surface area (Å²) >= 11 is 0. The summed E-state index contributed by atoms with van der Waals surface area (Å²) in [6.45, 7) is 4.33. The van der Waals surface area contributed by atoms with E-state index in [1.165, 1.54) is 0 Å². The minimum Gasteiger partial charge on any atom is -0.497 e. The molecule has 0 unspecified atom stereocenters. The SMILES string of the molecule is COc1ccc(CN(C)C(=O)c2ccccc2Nc2nc(C)cc(C)n2)cc1. The number of nitrogens with one attached hydrogen (secondary N) is 1. The van der Waals surface area contributed by atoms with Gasteiger partial charge in [-0.2, -0.15) is 0 Å². The molecule has 3 rings (SSSR count). The van der Waals surface area contributed by atoms with Crippen molar-refractivity contribution >= 4 is 17.5 Å². The highest BCUT2D eigenvalue weighted by atomic mass is 16.5. The fraction of sp³-hybridized carbons (Fsp3) is 0.227. The molecule has 0 bridgehead atoms. The second-order valence-electron chi connectivity index (χ2n) is 6.65. The Morgan fingerprint density at radius 3 is 2.32 bits per heavy atom. The lowest BCUT2D eigenvalue weighted by atomic mass is 10.1. The first-order valence-corrected chi connectivity index (χ1v) is 9.03. The molecular weight excluding hydrogens is 352 g/mol. The fourth-order valence-electron chi connectivity index (χ4n) is 2.96. The molecule has 1 amide bonds. The Morgan fingerprint density at radius 1 is 1.04 bits per heavy atom. The maximum Gasteiger partial charge on any atom is 0.256 e. The number of methoxy groups -OCH3 is 1. The summed E-state index contributed by atoms with van der Waals surface area (Å²) in [7, 11) is 3.42. The molecule has 1 aromatic heterocycles. The zero-order chi connectivity index (χ0) is 20.1. The molecule has 3 aromatic rings. The van der Waals surface area contributed by atoms with Crippen LogP contribution >= 0.6 is 0 Å². The third-order valence-corrected chi connectivity index (χ3v) is 4.31. The Balaban J connectivity index is 1.79. The molecule has 0 aliphatic heterocycles. The summed E-state index contributed by atoms with van der Waals surface area (Å²) in [6, 6.07) is 17.0. The van der Waals surface area contributed by atoms with Crippen molar-refractivity contribution in [1.29, 1.82) is 0 Å². The Bertz CT molecular complexity index is 950. The van der Waals surface area contributed by atoms with Gasteiger partial charge in [-0.1, -0.05) is 24.3 Å². The van der Waals surface area contributed by atoms with Crippen LogP contribution in [0.3, 0.4) is 0 Å². The molecule has 6 heteroatoms. The number of hydrogen-bond acceptors (Lipinski definition) is 5. The van der Waals surface area contributed by atoms with Gasteiger partial charge in [0, 0.05) is 25.0 Å². The van der Waals surface area contributed by atoms with Gasteiger partial charge in [0.2, 0.25) is 5.95 Å². The number of nitrogens with zero attached hydrogens (tertiary/aromatic N) is 3. The molecule has 144 valence electrons. The van der Waals surface area contributed by atoms with E-state index in [1.807, 2.05) is 62.4 Å². The second-order valence-corrected chi connectivity index (χ2v) is 6.65. The molecule has 6 nitrogen and oxygen atoms in total. The van der Waals surface area contributed by atoms with Crippen LogP contribution in [0, 0.1) is 13.8 Å². The van der Waals surface area contributed by atoms with Gasteiger partial charge in [0.05, 0.1) is 18.4 Å². The van der Waals surface area contributed by atoms with E-state index in [4.69, 9.17) is 4.74 Å². The molecule has 0 spiro atoms. The van der Waals surface area contributed by atoms with Crippen LogP contribution in [0.5, 0.6) is 5.75 Å². The number of aromatic nitrogens is 2. The van der Waals surface area contributed by atoms with Crippen LogP contribution in [0.25, 0.3) is 0 Å². The Hall–Kier alpha value is -3.41. The molecule has 0 fully saturated rings. The van der Waals surface area contributed by atoms with E-state index in [-0.39, 0.29) is 5.91 Å². The van der Waals surface area contributed by atoms with E-state index in [9.17, 15) is 4.79 Å². The normalized spacial score (nSPS) is 10.4. The van der Waals surface area contributed by atoms with Crippen LogP contribution in [-0.2, 0) is 6.54 Å². The highest BCUT2D eigenvalue weighted by Crippen LogP contribution is 2.21. The van der Waals surface area contributed by atoms with Crippen LogP contribution < -0.4 is 10.1 Å². The number of carbonyl (C=O) groups excluding carboxylic acids is 1. The first-order valence-electron chi connectivity index (χ1n) is 9.03. The van der Waals surface area contributed by atoms with E-state index in [0.29, 0.717) is 23.7 Å². The largest absolute Gasteiger partial charge is 0.497 e. The average molecular weight is 376 g/mol. The molecular formula is C22H24N4O2. The minimum atomic E-state index is -0.0803. The van der Waals surface area contributed by atoms with Crippen LogP contribution in [0.4, 0.5) is 11.6 Å². The van der Waals surface area contributed by atoms with Crippen LogP contribution in [-0.4, -0.2) is 34.9 Å². The zero-order valence-corrected chi connectivity index (χ0v) is 16.6. The lowest BCUT2D eigenvalue weighted by Gasteiger charge is -2.19. The Labute approximate surface area is 165 Å². The van der Waals surface area contributed by atoms with Crippen LogP contribution in [0.1, 0.15) is 27.3 Å². The summed E-state index contributed by atoms with van der Waals surface area (Å²) in [5.41, 5.74) is 4.02. The summed E-state index contributed by atoms with van der Waals surface area (Å²) in [5, 5.41) is 3.18. The monoisotopic (exact) mass is 376 g/mol. The predicted molar refractivity (Wildman–Crippen MR) is 110 cm³/mol. The molecule has 0 radical (unpaired) electrons. The molecule has 0 saturated heterocycles. The topological polar surface area (TPSA) is 67.3 Å². The lowest BCUT2D eigenvalue weighted by molar-refractivity contribution is 0.0786. The number of hydrogen-bond donors (Lipinski definition) is 1. The van der Waals surface area contributed by atoms with Crippen molar-refractivity contribution < 1.29 is 9.53 Å². The molecule has 2 aromatic carbocycles. The van der Waals surface area contributed by atoms with Gasteiger partial charge in [-0.25, -0.2) is 9.97 Å².